The number of para-hydroxylation sites is 1. The molecule has 1 aliphatic heterocycles. The van der Waals surface area contributed by atoms with Crippen molar-refractivity contribution in [3.05, 3.63) is 127 Å². The van der Waals surface area contributed by atoms with Crippen LogP contribution in [0.2, 0.25) is 0 Å². The Morgan fingerprint density at radius 3 is 2.10 bits per heavy atom. The summed E-state index contributed by atoms with van der Waals surface area (Å²) in [6.07, 6.45) is 1.85. The van der Waals surface area contributed by atoms with E-state index in [0.717, 1.165) is 56.2 Å². The van der Waals surface area contributed by atoms with Crippen molar-refractivity contribution in [2.45, 2.75) is 19.3 Å². The van der Waals surface area contributed by atoms with Gasteiger partial charge in [0.05, 0.1) is 5.52 Å². The van der Waals surface area contributed by atoms with Crippen LogP contribution in [0.1, 0.15) is 25.0 Å². The van der Waals surface area contributed by atoms with Crippen LogP contribution >= 0.6 is 0 Å². The molecule has 1 aliphatic carbocycles. The van der Waals surface area contributed by atoms with Crippen molar-refractivity contribution in [1.82, 2.24) is 4.98 Å². The summed E-state index contributed by atoms with van der Waals surface area (Å²) in [6.45, 7) is 4.55. The molecule has 0 radical (unpaired) electrons. The van der Waals surface area contributed by atoms with Gasteiger partial charge in [-0.15, -0.1) is 0 Å². The topological polar surface area (TPSA) is 31.4 Å². The summed E-state index contributed by atoms with van der Waals surface area (Å²) >= 11 is 0. The van der Waals surface area contributed by atoms with Gasteiger partial charge in [-0.25, -0.2) is 0 Å². The fourth-order valence-corrected chi connectivity index (χ4v) is 6.14. The predicted molar refractivity (Wildman–Crippen MR) is 157 cm³/mol. The maximum absolute atomic E-state index is 6.46. The molecule has 2 heterocycles. The fraction of sp³-hybridized carbons (Fsp3) is 0.0833. The van der Waals surface area contributed by atoms with Crippen molar-refractivity contribution in [3.8, 4) is 56.4 Å². The molecule has 0 N–H and O–H groups in total. The van der Waals surface area contributed by atoms with Crippen LogP contribution in [-0.2, 0) is 5.41 Å². The minimum atomic E-state index is -0.0806. The van der Waals surface area contributed by atoms with Gasteiger partial charge in [-0.1, -0.05) is 92.7 Å². The van der Waals surface area contributed by atoms with E-state index in [2.05, 4.69) is 116 Å². The van der Waals surface area contributed by atoms with Crippen molar-refractivity contribution in [2.75, 3.05) is 0 Å². The number of hydrogen-bond acceptors (Lipinski definition) is 3. The highest BCUT2D eigenvalue weighted by Crippen LogP contribution is 2.55. The zero-order chi connectivity index (χ0) is 26.1. The molecular formula is C36H25NO2. The van der Waals surface area contributed by atoms with E-state index < -0.39 is 0 Å². The molecule has 0 unspecified atom stereocenters. The summed E-state index contributed by atoms with van der Waals surface area (Å²) in [5, 5.41) is 1.14. The van der Waals surface area contributed by atoms with Crippen LogP contribution in [-0.4, -0.2) is 4.98 Å². The van der Waals surface area contributed by atoms with Gasteiger partial charge in [0.2, 0.25) is 0 Å². The molecule has 2 aliphatic rings. The first-order valence-electron chi connectivity index (χ1n) is 13.3. The van der Waals surface area contributed by atoms with Gasteiger partial charge in [-0.05, 0) is 69.3 Å². The maximum atomic E-state index is 6.46. The number of rotatable bonds is 2. The molecule has 0 bridgehead atoms. The summed E-state index contributed by atoms with van der Waals surface area (Å²) in [7, 11) is 0. The molecule has 0 saturated carbocycles. The average Bonchev–Trinajstić information content (AvgIpc) is 3.20. The Balaban J connectivity index is 1.13. The van der Waals surface area contributed by atoms with Gasteiger partial charge in [0.15, 0.2) is 23.0 Å². The molecule has 6 aromatic rings. The Hall–Kier alpha value is -4.89. The molecule has 186 valence electrons. The zero-order valence-electron chi connectivity index (χ0n) is 21.7. The van der Waals surface area contributed by atoms with E-state index in [-0.39, 0.29) is 5.41 Å². The smallest absolute Gasteiger partial charge is 0.170 e. The van der Waals surface area contributed by atoms with Crippen LogP contribution in [0.3, 0.4) is 0 Å². The monoisotopic (exact) mass is 503 g/mol. The third kappa shape index (κ3) is 3.33. The second-order valence-corrected chi connectivity index (χ2v) is 10.8. The molecule has 3 heteroatoms. The van der Waals surface area contributed by atoms with E-state index >= 15 is 0 Å². The Labute approximate surface area is 227 Å². The van der Waals surface area contributed by atoms with Crippen LogP contribution < -0.4 is 9.47 Å². The minimum Gasteiger partial charge on any atom is -0.450 e. The lowest BCUT2D eigenvalue weighted by molar-refractivity contribution is 0.359. The first-order chi connectivity index (χ1) is 19.1. The van der Waals surface area contributed by atoms with E-state index in [1.165, 1.54) is 22.3 Å². The highest BCUT2D eigenvalue weighted by molar-refractivity contribution is 5.93. The molecule has 0 atom stereocenters. The second kappa shape index (κ2) is 8.05. The molecule has 8 rings (SSSR count). The molecule has 39 heavy (non-hydrogen) atoms. The number of benzene rings is 5. The number of aromatic nitrogens is 1. The lowest BCUT2D eigenvalue weighted by Crippen LogP contribution is -2.15. The van der Waals surface area contributed by atoms with Crippen LogP contribution in [0.4, 0.5) is 0 Å². The summed E-state index contributed by atoms with van der Waals surface area (Å²) in [6, 6.07) is 38.1. The van der Waals surface area contributed by atoms with Crippen molar-refractivity contribution in [2.24, 2.45) is 0 Å². The number of pyridine rings is 1. The van der Waals surface area contributed by atoms with E-state index in [1.807, 2.05) is 18.3 Å². The molecule has 1 aromatic heterocycles. The van der Waals surface area contributed by atoms with Gasteiger partial charge in [-0.2, -0.15) is 0 Å². The number of nitrogens with zero attached hydrogens (tertiary/aromatic N) is 1. The lowest BCUT2D eigenvalue weighted by Gasteiger charge is -2.25. The highest BCUT2D eigenvalue weighted by Gasteiger charge is 2.37. The third-order valence-electron chi connectivity index (χ3n) is 8.19. The van der Waals surface area contributed by atoms with Crippen molar-refractivity contribution < 1.29 is 9.47 Å². The van der Waals surface area contributed by atoms with E-state index in [0.29, 0.717) is 0 Å². The van der Waals surface area contributed by atoms with Crippen LogP contribution in [0, 0.1) is 0 Å². The maximum Gasteiger partial charge on any atom is 0.170 e. The summed E-state index contributed by atoms with van der Waals surface area (Å²) < 4.78 is 12.8. The number of fused-ring (bicyclic) bond motifs is 6. The van der Waals surface area contributed by atoms with Crippen LogP contribution in [0.5, 0.6) is 23.0 Å². The predicted octanol–water partition coefficient (Wildman–Crippen LogP) is 9.77. The van der Waals surface area contributed by atoms with Gasteiger partial charge in [-0.3, -0.25) is 4.98 Å². The number of hydrogen-bond donors (Lipinski definition) is 0. The SMILES string of the molecule is CC1(C)c2ccccc2-c2cc3c(cc21)Oc1ccc(-c2ccc(-c4cccc5cccnc45)cc2)cc1O3. The Kier molecular flexibility index (Phi) is 4.57. The van der Waals surface area contributed by atoms with Gasteiger partial charge in [0.25, 0.3) is 0 Å². The Morgan fingerprint density at radius 2 is 1.21 bits per heavy atom. The first-order valence-corrected chi connectivity index (χ1v) is 13.3. The summed E-state index contributed by atoms with van der Waals surface area (Å²) in [5.74, 6) is 2.98. The minimum absolute atomic E-state index is 0.0806. The molecule has 0 saturated heterocycles. The van der Waals surface area contributed by atoms with E-state index in [4.69, 9.17) is 9.47 Å². The first kappa shape index (κ1) is 22.1. The van der Waals surface area contributed by atoms with E-state index in [1.54, 1.807) is 0 Å². The van der Waals surface area contributed by atoms with Crippen LogP contribution in [0.15, 0.2) is 115 Å². The molecule has 0 amide bonds. The normalized spacial score (nSPS) is 14.0. The molecule has 3 nitrogen and oxygen atoms in total. The van der Waals surface area contributed by atoms with Gasteiger partial charge < -0.3 is 9.47 Å². The number of ether oxygens (including phenoxy) is 2. The largest absolute Gasteiger partial charge is 0.450 e. The quantitative estimate of drug-likeness (QED) is 0.235. The van der Waals surface area contributed by atoms with Gasteiger partial charge >= 0.3 is 0 Å². The van der Waals surface area contributed by atoms with E-state index in [9.17, 15) is 0 Å². The second-order valence-electron chi connectivity index (χ2n) is 10.8. The van der Waals surface area contributed by atoms with Crippen molar-refractivity contribution in [3.63, 3.8) is 0 Å². The standard InChI is InChI=1S/C36H25NO2/c1-36(2)29-11-4-3-9-27(29)28-20-33-34(21-30(28)36)38-31-17-16-25(19-32(31)39-33)22-12-14-23(15-13-22)26-10-5-7-24-8-6-18-37-35(24)26/h3-21H,1-2H3. The van der Waals surface area contributed by atoms with Crippen molar-refractivity contribution in [1.29, 1.82) is 0 Å². The van der Waals surface area contributed by atoms with Gasteiger partial charge in [0, 0.05) is 22.6 Å². The molecule has 0 fully saturated rings. The lowest BCUT2D eigenvalue weighted by atomic mass is 9.82. The van der Waals surface area contributed by atoms with Gasteiger partial charge in [0.1, 0.15) is 0 Å². The fourth-order valence-electron chi connectivity index (χ4n) is 6.14. The highest BCUT2D eigenvalue weighted by atomic mass is 16.6. The Bertz CT molecular complexity index is 1930. The average molecular weight is 504 g/mol. The Morgan fingerprint density at radius 1 is 0.513 bits per heavy atom. The van der Waals surface area contributed by atoms with Crippen molar-refractivity contribution >= 4 is 10.9 Å². The molecular weight excluding hydrogens is 478 g/mol. The molecule has 5 aromatic carbocycles. The molecule has 0 spiro atoms. The summed E-state index contributed by atoms with van der Waals surface area (Å²) in [4.78, 5) is 4.62. The summed E-state index contributed by atoms with van der Waals surface area (Å²) in [5.41, 5.74) is 10.5. The third-order valence-corrected chi connectivity index (χ3v) is 8.19. The zero-order valence-corrected chi connectivity index (χ0v) is 21.7. The van der Waals surface area contributed by atoms with Crippen LogP contribution in [0.25, 0.3) is 44.3 Å².